The van der Waals surface area contributed by atoms with Crippen LogP contribution < -0.4 is 10.3 Å². The number of carbonyl (C=O) groups excluding carboxylic acids is 1. The van der Waals surface area contributed by atoms with Crippen molar-refractivity contribution in [3.05, 3.63) is 46.3 Å². The number of benzene rings is 1. The fourth-order valence-corrected chi connectivity index (χ4v) is 3.70. The molecule has 0 N–H and O–H groups in total. The predicted octanol–water partition coefficient (Wildman–Crippen LogP) is 4.26. The molecule has 0 bridgehead atoms. The summed E-state index contributed by atoms with van der Waals surface area (Å²) in [6, 6.07) is 7.63. The van der Waals surface area contributed by atoms with E-state index in [2.05, 4.69) is 4.98 Å². The Morgan fingerprint density at radius 3 is 2.68 bits per heavy atom. The van der Waals surface area contributed by atoms with E-state index in [4.69, 9.17) is 9.47 Å². The molecule has 2 aromatic heterocycles. The largest absolute Gasteiger partial charge is 0.491 e. The van der Waals surface area contributed by atoms with Gasteiger partial charge in [-0.05, 0) is 38.0 Å². The summed E-state index contributed by atoms with van der Waals surface area (Å²) in [6.45, 7) is 6.20. The van der Waals surface area contributed by atoms with Crippen molar-refractivity contribution in [1.29, 1.82) is 0 Å². The maximum Gasteiger partial charge on any atom is 0.326 e. The highest BCUT2D eigenvalue weighted by Gasteiger charge is 2.15. The molecule has 0 fully saturated rings. The summed E-state index contributed by atoms with van der Waals surface area (Å²) in [4.78, 5) is 29.9. The predicted molar refractivity (Wildman–Crippen MR) is 111 cm³/mol. The number of aromatic nitrogens is 2. The van der Waals surface area contributed by atoms with E-state index in [-0.39, 0.29) is 18.2 Å². The van der Waals surface area contributed by atoms with E-state index in [1.165, 1.54) is 22.2 Å². The molecular formula is C21H24N2O4S. The maximum absolute atomic E-state index is 13.0. The first-order valence-electron chi connectivity index (χ1n) is 9.39. The molecule has 0 radical (unpaired) electrons. The minimum atomic E-state index is -0.427. The Balaban J connectivity index is 1.88. The highest BCUT2D eigenvalue weighted by Crippen LogP contribution is 2.31. The first-order valence-corrected chi connectivity index (χ1v) is 10.3. The molecule has 0 saturated heterocycles. The fraction of sp³-hybridized carbons (Fsp3) is 0.381. The third-order valence-corrected chi connectivity index (χ3v) is 5.04. The van der Waals surface area contributed by atoms with Crippen molar-refractivity contribution in [3.63, 3.8) is 0 Å². The van der Waals surface area contributed by atoms with Crippen LogP contribution in [0.25, 0.3) is 21.3 Å². The van der Waals surface area contributed by atoms with Crippen LogP contribution >= 0.6 is 11.3 Å². The molecule has 2 heterocycles. The number of nitrogens with zero attached hydrogens (tertiary/aromatic N) is 2. The summed E-state index contributed by atoms with van der Waals surface area (Å²) in [5, 5.41) is 2.44. The van der Waals surface area contributed by atoms with Crippen molar-refractivity contribution in [2.45, 2.75) is 46.3 Å². The molecule has 1 aromatic carbocycles. The number of esters is 1. The zero-order chi connectivity index (χ0) is 20.1. The van der Waals surface area contributed by atoms with Crippen molar-refractivity contribution in [2.24, 2.45) is 0 Å². The van der Waals surface area contributed by atoms with Gasteiger partial charge < -0.3 is 9.47 Å². The molecule has 0 aliphatic rings. The van der Waals surface area contributed by atoms with Crippen LogP contribution in [0.15, 0.2) is 40.8 Å². The monoisotopic (exact) mass is 400 g/mol. The zero-order valence-electron chi connectivity index (χ0n) is 16.3. The first kappa shape index (κ1) is 20.1. The Kier molecular flexibility index (Phi) is 6.46. The molecular weight excluding hydrogens is 376 g/mol. The molecule has 0 amide bonds. The highest BCUT2D eigenvalue weighted by molar-refractivity contribution is 7.17. The summed E-state index contributed by atoms with van der Waals surface area (Å²) in [7, 11) is 0. The Morgan fingerprint density at radius 2 is 2.00 bits per heavy atom. The smallest absolute Gasteiger partial charge is 0.326 e. The van der Waals surface area contributed by atoms with Crippen molar-refractivity contribution in [3.8, 4) is 16.9 Å². The van der Waals surface area contributed by atoms with Crippen molar-refractivity contribution < 1.29 is 14.3 Å². The van der Waals surface area contributed by atoms with E-state index in [1.807, 2.05) is 50.4 Å². The third kappa shape index (κ3) is 4.59. The number of hydrogen-bond acceptors (Lipinski definition) is 6. The molecule has 7 heteroatoms. The second kappa shape index (κ2) is 9.01. The van der Waals surface area contributed by atoms with Gasteiger partial charge in [-0.1, -0.05) is 25.5 Å². The van der Waals surface area contributed by atoms with Crippen molar-refractivity contribution in [1.82, 2.24) is 9.55 Å². The van der Waals surface area contributed by atoms with Crippen LogP contribution in [0, 0.1) is 0 Å². The van der Waals surface area contributed by atoms with Crippen LogP contribution in [-0.4, -0.2) is 28.2 Å². The van der Waals surface area contributed by atoms with Crippen LogP contribution in [0.4, 0.5) is 0 Å². The molecule has 3 rings (SSSR count). The standard InChI is InChI=1S/C21H24N2O4S/c1-4-5-10-26-18(24)11-23-13-22-20-19(21(23)25)17(12-28-20)15-6-8-16(9-7-15)27-14(2)3/h6-9,12-14H,4-5,10-11H2,1-3H3. The molecule has 0 aliphatic heterocycles. The number of thiophene rings is 1. The van der Waals surface area contributed by atoms with E-state index >= 15 is 0 Å². The first-order chi connectivity index (χ1) is 13.5. The van der Waals surface area contributed by atoms with Gasteiger partial charge >= 0.3 is 5.97 Å². The minimum Gasteiger partial charge on any atom is -0.491 e. The minimum absolute atomic E-state index is 0.0984. The molecule has 28 heavy (non-hydrogen) atoms. The molecule has 0 atom stereocenters. The van der Waals surface area contributed by atoms with Gasteiger partial charge in [-0.2, -0.15) is 0 Å². The molecule has 0 aliphatic carbocycles. The molecule has 0 spiro atoms. The number of rotatable bonds is 8. The van der Waals surface area contributed by atoms with E-state index in [9.17, 15) is 9.59 Å². The van der Waals surface area contributed by atoms with Gasteiger partial charge in [-0.3, -0.25) is 14.2 Å². The SMILES string of the molecule is CCCCOC(=O)Cn1cnc2scc(-c3ccc(OC(C)C)cc3)c2c1=O. The summed E-state index contributed by atoms with van der Waals surface area (Å²) in [6.07, 6.45) is 3.26. The third-order valence-electron chi connectivity index (χ3n) is 4.16. The van der Waals surface area contributed by atoms with Crippen LogP contribution in [0.1, 0.15) is 33.6 Å². The number of unbranched alkanes of at least 4 members (excludes halogenated alkanes) is 1. The Morgan fingerprint density at radius 1 is 1.25 bits per heavy atom. The summed E-state index contributed by atoms with van der Waals surface area (Å²) in [5.74, 6) is 0.354. The molecule has 3 aromatic rings. The Hall–Kier alpha value is -2.67. The van der Waals surface area contributed by atoms with Gasteiger partial charge in [0.25, 0.3) is 5.56 Å². The summed E-state index contributed by atoms with van der Waals surface area (Å²) < 4.78 is 12.1. The van der Waals surface area contributed by atoms with E-state index in [0.29, 0.717) is 16.8 Å². The number of fused-ring (bicyclic) bond motifs is 1. The number of ether oxygens (including phenoxy) is 2. The van der Waals surface area contributed by atoms with Crippen molar-refractivity contribution in [2.75, 3.05) is 6.61 Å². The van der Waals surface area contributed by atoms with E-state index < -0.39 is 5.97 Å². The average molecular weight is 401 g/mol. The highest BCUT2D eigenvalue weighted by atomic mass is 32.1. The number of carbonyl (C=O) groups is 1. The van der Waals surface area contributed by atoms with Crippen molar-refractivity contribution >= 4 is 27.5 Å². The lowest BCUT2D eigenvalue weighted by Gasteiger charge is -2.10. The van der Waals surface area contributed by atoms with Crippen LogP contribution in [0.5, 0.6) is 5.75 Å². The van der Waals surface area contributed by atoms with Crippen LogP contribution in [0.2, 0.25) is 0 Å². The van der Waals surface area contributed by atoms with Gasteiger partial charge in [-0.15, -0.1) is 11.3 Å². The normalized spacial score (nSPS) is 11.1. The second-order valence-corrected chi connectivity index (χ2v) is 7.63. The van der Waals surface area contributed by atoms with Crippen LogP contribution in [-0.2, 0) is 16.1 Å². The second-order valence-electron chi connectivity index (χ2n) is 6.77. The summed E-state index contributed by atoms with van der Waals surface area (Å²) in [5.41, 5.74) is 1.48. The Bertz CT molecular complexity index is 1010. The summed E-state index contributed by atoms with van der Waals surface area (Å²) >= 11 is 1.41. The zero-order valence-corrected chi connectivity index (χ0v) is 17.1. The number of hydrogen-bond donors (Lipinski definition) is 0. The van der Waals surface area contributed by atoms with Gasteiger partial charge in [0.1, 0.15) is 17.1 Å². The van der Waals surface area contributed by atoms with Gasteiger partial charge in [0.05, 0.1) is 24.4 Å². The van der Waals surface area contributed by atoms with Gasteiger partial charge in [0, 0.05) is 10.9 Å². The van der Waals surface area contributed by atoms with Crippen LogP contribution in [0.3, 0.4) is 0 Å². The lowest BCUT2D eigenvalue weighted by atomic mass is 10.1. The molecule has 148 valence electrons. The molecule has 0 unspecified atom stereocenters. The van der Waals surface area contributed by atoms with E-state index in [1.54, 1.807) is 0 Å². The fourth-order valence-electron chi connectivity index (χ4n) is 2.79. The molecule has 6 nitrogen and oxygen atoms in total. The van der Waals surface area contributed by atoms with Gasteiger partial charge in [0.2, 0.25) is 0 Å². The Labute approximate surface area is 167 Å². The van der Waals surface area contributed by atoms with Gasteiger partial charge in [-0.25, -0.2) is 4.98 Å². The lowest BCUT2D eigenvalue weighted by Crippen LogP contribution is -2.25. The molecule has 0 saturated carbocycles. The topological polar surface area (TPSA) is 70.4 Å². The van der Waals surface area contributed by atoms with Gasteiger partial charge in [0.15, 0.2) is 0 Å². The lowest BCUT2D eigenvalue weighted by molar-refractivity contribution is -0.144. The van der Waals surface area contributed by atoms with E-state index in [0.717, 1.165) is 29.7 Å². The maximum atomic E-state index is 13.0. The quantitative estimate of drug-likeness (QED) is 0.417. The average Bonchev–Trinajstić information content (AvgIpc) is 3.09.